The normalized spacial score (nSPS) is 13.8. The highest BCUT2D eigenvalue weighted by molar-refractivity contribution is 9.10. The Morgan fingerprint density at radius 3 is 2.30 bits per heavy atom. The number of halogens is 1. The number of sulfonamides is 1. The van der Waals surface area contributed by atoms with Crippen LogP contribution in [0.3, 0.4) is 0 Å². The summed E-state index contributed by atoms with van der Waals surface area (Å²) in [5.74, 6) is 0.474. The van der Waals surface area contributed by atoms with Crippen molar-refractivity contribution < 1.29 is 13.2 Å². The number of anilines is 1. The molecule has 20 heavy (non-hydrogen) atoms. The van der Waals surface area contributed by atoms with E-state index in [0.29, 0.717) is 10.2 Å². The van der Waals surface area contributed by atoms with Crippen LogP contribution in [0.15, 0.2) is 21.5 Å². The van der Waals surface area contributed by atoms with Crippen molar-refractivity contribution in [2.45, 2.75) is 31.7 Å². The fraction of sp³-hybridized carbons (Fsp3) is 0.538. The molecule has 0 aliphatic rings. The molecule has 0 aliphatic carbocycles. The molecule has 2 N–H and O–H groups in total. The third-order valence-electron chi connectivity index (χ3n) is 3.48. The quantitative estimate of drug-likeness (QED) is 0.815. The fourth-order valence-electron chi connectivity index (χ4n) is 1.71. The predicted octanol–water partition coefficient (Wildman–Crippen LogP) is 2.70. The Morgan fingerprint density at radius 2 is 1.85 bits per heavy atom. The Balaban J connectivity index is 3.39. The van der Waals surface area contributed by atoms with Crippen LogP contribution >= 0.6 is 15.9 Å². The summed E-state index contributed by atoms with van der Waals surface area (Å²) in [7, 11) is -0.657. The lowest BCUT2D eigenvalue weighted by Gasteiger charge is -2.28. The molecule has 1 atom stereocenters. The van der Waals surface area contributed by atoms with E-state index in [1.165, 1.54) is 17.5 Å². The maximum absolute atomic E-state index is 12.7. The van der Waals surface area contributed by atoms with E-state index in [0.717, 1.165) is 0 Å². The van der Waals surface area contributed by atoms with Crippen molar-refractivity contribution in [1.82, 2.24) is 4.31 Å². The van der Waals surface area contributed by atoms with Crippen LogP contribution < -0.4 is 10.5 Å². The van der Waals surface area contributed by atoms with Crippen molar-refractivity contribution in [3.8, 4) is 5.75 Å². The van der Waals surface area contributed by atoms with E-state index < -0.39 is 10.0 Å². The maximum Gasteiger partial charge on any atom is 0.246 e. The van der Waals surface area contributed by atoms with Gasteiger partial charge in [-0.25, -0.2) is 8.42 Å². The minimum absolute atomic E-state index is 0.0794. The average molecular weight is 365 g/mol. The molecule has 0 aromatic heterocycles. The van der Waals surface area contributed by atoms with Gasteiger partial charge in [0.05, 0.1) is 7.11 Å². The molecule has 0 saturated carbocycles. The molecule has 7 heteroatoms. The molecule has 0 aliphatic heterocycles. The van der Waals surface area contributed by atoms with Crippen LogP contribution in [0, 0.1) is 5.92 Å². The SMILES string of the molecule is COc1cc(Br)c(N)cc1S(=O)(=O)N(C)C(C)C(C)C. The zero-order chi connectivity index (χ0) is 15.7. The van der Waals surface area contributed by atoms with Crippen molar-refractivity contribution in [2.24, 2.45) is 5.92 Å². The molecule has 0 radical (unpaired) electrons. The molecule has 1 unspecified atom stereocenters. The molecule has 0 spiro atoms. The lowest BCUT2D eigenvalue weighted by molar-refractivity contribution is 0.313. The summed E-state index contributed by atoms with van der Waals surface area (Å²) in [5.41, 5.74) is 6.15. The highest BCUT2D eigenvalue weighted by Gasteiger charge is 2.30. The second kappa shape index (κ2) is 6.32. The van der Waals surface area contributed by atoms with Crippen LogP contribution in [0.2, 0.25) is 0 Å². The minimum Gasteiger partial charge on any atom is -0.495 e. The molecule has 1 aromatic rings. The van der Waals surface area contributed by atoms with Crippen molar-refractivity contribution >= 4 is 31.6 Å². The number of hydrogen-bond acceptors (Lipinski definition) is 4. The van der Waals surface area contributed by atoms with Crippen LogP contribution in [-0.4, -0.2) is 32.9 Å². The van der Waals surface area contributed by atoms with Gasteiger partial charge in [0.2, 0.25) is 10.0 Å². The van der Waals surface area contributed by atoms with E-state index in [2.05, 4.69) is 15.9 Å². The number of methoxy groups -OCH3 is 1. The molecule has 114 valence electrons. The summed E-state index contributed by atoms with van der Waals surface area (Å²) in [5, 5.41) is 0. The van der Waals surface area contributed by atoms with Crippen LogP contribution in [0.4, 0.5) is 5.69 Å². The van der Waals surface area contributed by atoms with Gasteiger partial charge in [-0.3, -0.25) is 0 Å². The number of nitrogens with zero attached hydrogens (tertiary/aromatic N) is 1. The Hall–Kier alpha value is -0.790. The first-order valence-electron chi connectivity index (χ1n) is 6.24. The van der Waals surface area contributed by atoms with E-state index >= 15 is 0 Å². The van der Waals surface area contributed by atoms with Gasteiger partial charge in [-0.2, -0.15) is 4.31 Å². The number of nitrogen functional groups attached to an aromatic ring is 1. The van der Waals surface area contributed by atoms with E-state index in [9.17, 15) is 8.42 Å². The first kappa shape index (κ1) is 17.3. The van der Waals surface area contributed by atoms with Crippen LogP contribution in [0.1, 0.15) is 20.8 Å². The van der Waals surface area contributed by atoms with E-state index in [-0.39, 0.29) is 22.6 Å². The largest absolute Gasteiger partial charge is 0.495 e. The van der Waals surface area contributed by atoms with Gasteiger partial charge < -0.3 is 10.5 Å². The first-order valence-corrected chi connectivity index (χ1v) is 8.47. The van der Waals surface area contributed by atoms with Crippen molar-refractivity contribution in [2.75, 3.05) is 19.9 Å². The maximum atomic E-state index is 12.7. The van der Waals surface area contributed by atoms with Crippen LogP contribution in [0.25, 0.3) is 0 Å². The van der Waals surface area contributed by atoms with Crippen molar-refractivity contribution in [3.63, 3.8) is 0 Å². The monoisotopic (exact) mass is 364 g/mol. The fourth-order valence-corrected chi connectivity index (χ4v) is 3.69. The molecule has 5 nitrogen and oxygen atoms in total. The van der Waals surface area contributed by atoms with Crippen LogP contribution in [-0.2, 0) is 10.0 Å². The molecule has 0 amide bonds. The standard InChI is InChI=1S/C13H21BrN2O3S/c1-8(2)9(3)16(4)20(17,18)13-7-11(15)10(14)6-12(13)19-5/h6-9H,15H2,1-5H3. The highest BCUT2D eigenvalue weighted by Crippen LogP contribution is 2.34. The van der Waals surface area contributed by atoms with Crippen molar-refractivity contribution in [1.29, 1.82) is 0 Å². The minimum atomic E-state index is -3.66. The van der Waals surface area contributed by atoms with Gasteiger partial charge >= 0.3 is 0 Å². The number of ether oxygens (including phenoxy) is 1. The van der Waals surface area contributed by atoms with Crippen molar-refractivity contribution in [3.05, 3.63) is 16.6 Å². The number of hydrogen-bond donors (Lipinski definition) is 1. The molecule has 0 fully saturated rings. The summed E-state index contributed by atoms with van der Waals surface area (Å²) in [6.07, 6.45) is 0. The highest BCUT2D eigenvalue weighted by atomic mass is 79.9. The van der Waals surface area contributed by atoms with Gasteiger partial charge in [0, 0.05) is 23.2 Å². The van der Waals surface area contributed by atoms with Gasteiger partial charge in [0.25, 0.3) is 0 Å². The number of benzene rings is 1. The van der Waals surface area contributed by atoms with Gasteiger partial charge in [0.15, 0.2) is 0 Å². The van der Waals surface area contributed by atoms with Crippen LogP contribution in [0.5, 0.6) is 5.75 Å². The van der Waals surface area contributed by atoms with Gasteiger partial charge in [-0.15, -0.1) is 0 Å². The molecule has 1 rings (SSSR count). The average Bonchev–Trinajstić information content (AvgIpc) is 2.39. The van der Waals surface area contributed by atoms with E-state index in [1.54, 1.807) is 13.1 Å². The summed E-state index contributed by atoms with van der Waals surface area (Å²) in [4.78, 5) is 0.0794. The molecule has 0 saturated heterocycles. The molecule has 1 aromatic carbocycles. The Bertz CT molecular complexity index is 588. The van der Waals surface area contributed by atoms with Gasteiger partial charge in [-0.1, -0.05) is 13.8 Å². The summed E-state index contributed by atoms with van der Waals surface area (Å²) >= 11 is 3.26. The Labute approximate surface area is 129 Å². The number of rotatable bonds is 5. The smallest absolute Gasteiger partial charge is 0.246 e. The Morgan fingerprint density at radius 1 is 1.30 bits per heavy atom. The molecule has 0 bridgehead atoms. The zero-order valence-corrected chi connectivity index (χ0v) is 14.7. The van der Waals surface area contributed by atoms with Gasteiger partial charge in [0.1, 0.15) is 10.6 Å². The molecular weight excluding hydrogens is 344 g/mol. The summed E-state index contributed by atoms with van der Waals surface area (Å²) in [6.45, 7) is 5.82. The first-order chi connectivity index (χ1) is 9.12. The second-order valence-corrected chi connectivity index (χ2v) is 7.85. The molecule has 0 heterocycles. The zero-order valence-electron chi connectivity index (χ0n) is 12.3. The predicted molar refractivity (Wildman–Crippen MR) is 84.4 cm³/mol. The lowest BCUT2D eigenvalue weighted by Crippen LogP contribution is -2.38. The number of nitrogens with two attached hydrogens (primary N) is 1. The Kier molecular flexibility index (Phi) is 5.46. The second-order valence-electron chi connectivity index (χ2n) is 5.03. The molecular formula is C13H21BrN2O3S. The van der Waals surface area contributed by atoms with E-state index in [4.69, 9.17) is 10.5 Å². The summed E-state index contributed by atoms with van der Waals surface area (Å²) in [6, 6.07) is 2.85. The lowest BCUT2D eigenvalue weighted by atomic mass is 10.1. The topological polar surface area (TPSA) is 72.6 Å². The summed E-state index contributed by atoms with van der Waals surface area (Å²) < 4.78 is 32.5. The van der Waals surface area contributed by atoms with Gasteiger partial charge in [-0.05, 0) is 40.9 Å². The third kappa shape index (κ3) is 3.27. The van der Waals surface area contributed by atoms with E-state index in [1.807, 2.05) is 20.8 Å². The third-order valence-corrected chi connectivity index (χ3v) is 6.13.